The van der Waals surface area contributed by atoms with Crippen LogP contribution in [0.4, 0.5) is 0 Å². The molecule has 2 nitrogen and oxygen atoms in total. The van der Waals surface area contributed by atoms with E-state index in [4.69, 9.17) is 11.5 Å². The van der Waals surface area contributed by atoms with Gasteiger partial charge in [0.1, 0.15) is 0 Å². The Hall–Kier alpha value is -0.380. The normalized spacial score (nSPS) is 13.3. The first-order valence-electron chi connectivity index (χ1n) is 3.83. The summed E-state index contributed by atoms with van der Waals surface area (Å²) in [7, 11) is 0. The van der Waals surface area contributed by atoms with Crippen LogP contribution in [-0.2, 0) is 0 Å². The molecule has 0 aliphatic rings. The van der Waals surface area contributed by atoms with Gasteiger partial charge in [-0.15, -0.1) is 11.3 Å². The second kappa shape index (κ2) is 4.49. The molecule has 0 saturated carbocycles. The molecule has 1 heterocycles. The molecule has 1 atom stereocenters. The Kier molecular flexibility index (Phi) is 3.56. The van der Waals surface area contributed by atoms with E-state index in [-0.39, 0.29) is 6.04 Å². The third kappa shape index (κ3) is 2.61. The number of nitrogens with two attached hydrogens (primary N) is 2. The zero-order valence-electron chi connectivity index (χ0n) is 6.49. The van der Waals surface area contributed by atoms with Crippen molar-refractivity contribution in [2.75, 3.05) is 6.54 Å². The molecule has 0 aromatic carbocycles. The number of rotatable bonds is 4. The van der Waals surface area contributed by atoms with Crippen LogP contribution in [-0.4, -0.2) is 6.54 Å². The predicted octanol–water partition coefficient (Wildman–Crippen LogP) is 1.49. The lowest BCUT2D eigenvalue weighted by Gasteiger charge is -2.06. The molecule has 0 unspecified atom stereocenters. The molecule has 3 heteroatoms. The van der Waals surface area contributed by atoms with Gasteiger partial charge in [0, 0.05) is 10.9 Å². The van der Waals surface area contributed by atoms with E-state index >= 15 is 0 Å². The van der Waals surface area contributed by atoms with Crippen molar-refractivity contribution in [2.45, 2.75) is 18.9 Å². The summed E-state index contributed by atoms with van der Waals surface area (Å²) in [6, 6.07) is 4.30. The van der Waals surface area contributed by atoms with E-state index in [0.29, 0.717) is 0 Å². The van der Waals surface area contributed by atoms with Gasteiger partial charge in [-0.3, -0.25) is 0 Å². The topological polar surface area (TPSA) is 52.0 Å². The SMILES string of the molecule is NCCC[C@@H](N)c1cccs1. The van der Waals surface area contributed by atoms with Crippen molar-refractivity contribution in [3.63, 3.8) is 0 Å². The minimum atomic E-state index is 0.193. The van der Waals surface area contributed by atoms with Crippen molar-refractivity contribution < 1.29 is 0 Å². The molecule has 4 N–H and O–H groups in total. The molecule has 62 valence electrons. The first-order chi connectivity index (χ1) is 5.34. The quantitative estimate of drug-likeness (QED) is 0.719. The Labute approximate surface area is 71.2 Å². The second-order valence-corrected chi connectivity index (χ2v) is 3.53. The summed E-state index contributed by atoms with van der Waals surface area (Å²) in [5.41, 5.74) is 11.3. The van der Waals surface area contributed by atoms with Crippen LogP contribution < -0.4 is 11.5 Å². The Morgan fingerprint density at radius 2 is 2.36 bits per heavy atom. The molecular weight excluding hydrogens is 156 g/mol. The average molecular weight is 170 g/mol. The van der Waals surface area contributed by atoms with Gasteiger partial charge in [-0.05, 0) is 30.8 Å². The van der Waals surface area contributed by atoms with Crippen molar-refractivity contribution in [3.05, 3.63) is 22.4 Å². The molecule has 0 spiro atoms. The van der Waals surface area contributed by atoms with E-state index < -0.39 is 0 Å². The largest absolute Gasteiger partial charge is 0.330 e. The highest BCUT2D eigenvalue weighted by Crippen LogP contribution is 2.19. The monoisotopic (exact) mass is 170 g/mol. The second-order valence-electron chi connectivity index (χ2n) is 2.55. The van der Waals surface area contributed by atoms with Crippen LogP contribution >= 0.6 is 11.3 Å². The van der Waals surface area contributed by atoms with Gasteiger partial charge in [0.05, 0.1) is 0 Å². The molecule has 1 rings (SSSR count). The summed E-state index contributed by atoms with van der Waals surface area (Å²) >= 11 is 1.72. The van der Waals surface area contributed by atoms with Crippen LogP contribution in [0.2, 0.25) is 0 Å². The van der Waals surface area contributed by atoms with E-state index in [0.717, 1.165) is 19.4 Å². The van der Waals surface area contributed by atoms with E-state index in [1.807, 2.05) is 6.07 Å². The van der Waals surface area contributed by atoms with Gasteiger partial charge in [-0.25, -0.2) is 0 Å². The summed E-state index contributed by atoms with van der Waals surface area (Å²) in [4.78, 5) is 1.26. The molecule has 1 aromatic rings. The van der Waals surface area contributed by atoms with Crippen molar-refractivity contribution in [1.82, 2.24) is 0 Å². The lowest BCUT2D eigenvalue weighted by molar-refractivity contribution is 0.626. The van der Waals surface area contributed by atoms with Crippen molar-refractivity contribution in [1.29, 1.82) is 0 Å². The van der Waals surface area contributed by atoms with Crippen molar-refractivity contribution in [2.24, 2.45) is 11.5 Å². The third-order valence-corrected chi connectivity index (χ3v) is 2.63. The molecule has 0 aliphatic carbocycles. The Bertz CT molecular complexity index is 184. The molecule has 0 amide bonds. The molecular formula is C8H14N2S. The maximum absolute atomic E-state index is 5.88. The number of hydrogen-bond acceptors (Lipinski definition) is 3. The Balaban J connectivity index is 2.36. The number of hydrogen-bond donors (Lipinski definition) is 2. The third-order valence-electron chi connectivity index (χ3n) is 1.63. The lowest BCUT2D eigenvalue weighted by Crippen LogP contribution is -2.10. The smallest absolute Gasteiger partial charge is 0.0390 e. The van der Waals surface area contributed by atoms with Gasteiger partial charge in [0.25, 0.3) is 0 Å². The van der Waals surface area contributed by atoms with Crippen LogP contribution in [0.1, 0.15) is 23.8 Å². The van der Waals surface area contributed by atoms with E-state index in [2.05, 4.69) is 11.4 Å². The fourth-order valence-electron chi connectivity index (χ4n) is 0.982. The summed E-state index contributed by atoms with van der Waals surface area (Å²) in [6.45, 7) is 0.735. The van der Waals surface area contributed by atoms with Gasteiger partial charge in [-0.1, -0.05) is 6.07 Å². The fraction of sp³-hybridized carbons (Fsp3) is 0.500. The van der Waals surface area contributed by atoms with E-state index in [1.165, 1.54) is 4.88 Å². The van der Waals surface area contributed by atoms with Gasteiger partial charge in [0.15, 0.2) is 0 Å². The van der Waals surface area contributed by atoms with Crippen LogP contribution in [0.15, 0.2) is 17.5 Å². The highest BCUT2D eigenvalue weighted by Gasteiger charge is 2.04. The standard InChI is InChI=1S/C8H14N2S/c9-5-1-3-7(10)8-4-2-6-11-8/h2,4,6-7H,1,3,5,9-10H2/t7-/m1/s1. The van der Waals surface area contributed by atoms with Crippen LogP contribution in [0, 0.1) is 0 Å². The molecule has 11 heavy (non-hydrogen) atoms. The van der Waals surface area contributed by atoms with Crippen molar-refractivity contribution >= 4 is 11.3 Å². The van der Waals surface area contributed by atoms with Crippen LogP contribution in [0.3, 0.4) is 0 Å². The minimum Gasteiger partial charge on any atom is -0.330 e. The van der Waals surface area contributed by atoms with Crippen LogP contribution in [0.5, 0.6) is 0 Å². The lowest BCUT2D eigenvalue weighted by atomic mass is 10.1. The van der Waals surface area contributed by atoms with Crippen LogP contribution in [0.25, 0.3) is 0 Å². The van der Waals surface area contributed by atoms with Gasteiger partial charge >= 0.3 is 0 Å². The van der Waals surface area contributed by atoms with Gasteiger partial charge < -0.3 is 11.5 Å². The maximum atomic E-state index is 5.88. The molecule has 0 bridgehead atoms. The molecule has 0 fully saturated rings. The first-order valence-corrected chi connectivity index (χ1v) is 4.71. The first kappa shape index (κ1) is 8.71. The molecule has 0 radical (unpaired) electrons. The van der Waals surface area contributed by atoms with Crippen molar-refractivity contribution in [3.8, 4) is 0 Å². The molecule has 1 aromatic heterocycles. The zero-order valence-corrected chi connectivity index (χ0v) is 7.31. The highest BCUT2D eigenvalue weighted by molar-refractivity contribution is 7.10. The maximum Gasteiger partial charge on any atom is 0.0390 e. The summed E-state index contributed by atoms with van der Waals surface area (Å²) in [5.74, 6) is 0. The van der Waals surface area contributed by atoms with E-state index in [9.17, 15) is 0 Å². The van der Waals surface area contributed by atoms with E-state index in [1.54, 1.807) is 11.3 Å². The minimum absolute atomic E-state index is 0.193. The predicted molar refractivity (Wildman–Crippen MR) is 49.5 cm³/mol. The van der Waals surface area contributed by atoms with Gasteiger partial charge in [-0.2, -0.15) is 0 Å². The Morgan fingerprint density at radius 3 is 2.91 bits per heavy atom. The highest BCUT2D eigenvalue weighted by atomic mass is 32.1. The molecule has 0 aliphatic heterocycles. The summed E-state index contributed by atoms with van der Waals surface area (Å²) < 4.78 is 0. The van der Waals surface area contributed by atoms with Gasteiger partial charge in [0.2, 0.25) is 0 Å². The average Bonchev–Trinajstić information content (AvgIpc) is 2.52. The Morgan fingerprint density at radius 1 is 1.55 bits per heavy atom. The molecule has 0 saturated heterocycles. The fourth-order valence-corrected chi connectivity index (χ4v) is 1.75. The summed E-state index contributed by atoms with van der Waals surface area (Å²) in [6.07, 6.45) is 2.01. The zero-order chi connectivity index (χ0) is 8.10. The summed E-state index contributed by atoms with van der Waals surface area (Å²) in [5, 5.41) is 2.05. The number of thiophene rings is 1.